The Kier molecular flexibility index (Phi) is 4.22. The maximum atomic E-state index is 13.6. The molecule has 2 aromatic carbocycles. The van der Waals surface area contributed by atoms with Gasteiger partial charge in [0.05, 0.1) is 5.69 Å². The number of para-hydroxylation sites is 1. The van der Waals surface area contributed by atoms with Gasteiger partial charge >= 0.3 is 0 Å². The van der Waals surface area contributed by atoms with Crippen LogP contribution < -0.4 is 0 Å². The summed E-state index contributed by atoms with van der Waals surface area (Å²) in [4.78, 5) is 20.5. The quantitative estimate of drug-likeness (QED) is 0.649. The molecule has 4 bridgehead atoms. The first-order valence-corrected chi connectivity index (χ1v) is 11.1. The normalized spacial score (nSPS) is 27.3. The minimum atomic E-state index is 0.0000576. The van der Waals surface area contributed by atoms with Gasteiger partial charge in [0.2, 0.25) is 5.82 Å². The molecule has 1 amide bonds. The molecule has 30 heavy (non-hydrogen) atoms. The van der Waals surface area contributed by atoms with E-state index in [2.05, 4.69) is 4.90 Å². The number of fused-ring (bicyclic) bond motifs is 1. The lowest BCUT2D eigenvalue weighted by atomic mass is 9.68. The van der Waals surface area contributed by atoms with E-state index < -0.39 is 0 Å². The predicted molar refractivity (Wildman–Crippen MR) is 115 cm³/mol. The maximum Gasteiger partial charge on any atom is 0.293 e. The van der Waals surface area contributed by atoms with Gasteiger partial charge in [-0.2, -0.15) is 0 Å². The van der Waals surface area contributed by atoms with Gasteiger partial charge in [0.15, 0.2) is 5.82 Å². The van der Waals surface area contributed by atoms with E-state index in [1.807, 2.05) is 65.3 Å². The molecule has 5 nitrogen and oxygen atoms in total. The van der Waals surface area contributed by atoms with Crippen LogP contribution in [0.3, 0.4) is 0 Å². The molecule has 7 rings (SSSR count). The van der Waals surface area contributed by atoms with Crippen molar-refractivity contribution in [3.05, 3.63) is 66.5 Å². The molecule has 2 aliphatic carbocycles. The van der Waals surface area contributed by atoms with Gasteiger partial charge in [-0.25, -0.2) is 9.67 Å². The smallest absolute Gasteiger partial charge is 0.293 e. The first kappa shape index (κ1) is 17.9. The van der Waals surface area contributed by atoms with Crippen LogP contribution in [0.25, 0.3) is 17.1 Å². The van der Waals surface area contributed by atoms with Crippen molar-refractivity contribution in [3.8, 4) is 17.1 Å². The Morgan fingerprint density at radius 3 is 2.13 bits per heavy atom. The van der Waals surface area contributed by atoms with Crippen molar-refractivity contribution in [2.24, 2.45) is 17.8 Å². The molecule has 3 heterocycles. The molecule has 0 N–H and O–H groups in total. The number of carbonyl (C=O) groups excluding carboxylic acids is 1. The maximum absolute atomic E-state index is 13.6. The van der Waals surface area contributed by atoms with E-state index in [9.17, 15) is 4.79 Å². The van der Waals surface area contributed by atoms with Crippen molar-refractivity contribution in [1.82, 2.24) is 19.7 Å². The van der Waals surface area contributed by atoms with Crippen LogP contribution in [-0.2, 0) is 0 Å². The second-order valence-corrected chi connectivity index (χ2v) is 9.26. The van der Waals surface area contributed by atoms with Crippen LogP contribution in [0.5, 0.6) is 0 Å². The fourth-order valence-electron chi connectivity index (χ4n) is 6.09. The molecule has 2 unspecified atom stereocenters. The number of amides is 1. The molecule has 152 valence electrons. The summed E-state index contributed by atoms with van der Waals surface area (Å²) in [5.41, 5.74) is 1.88. The lowest BCUT2D eigenvalue weighted by molar-refractivity contribution is 0.0620. The lowest BCUT2D eigenvalue weighted by Crippen LogP contribution is -2.42. The molecular weight excluding hydrogens is 372 g/mol. The largest absolute Gasteiger partial charge is 0.333 e. The third kappa shape index (κ3) is 3.04. The molecule has 2 atom stereocenters. The van der Waals surface area contributed by atoms with Crippen molar-refractivity contribution in [1.29, 1.82) is 0 Å². The monoisotopic (exact) mass is 398 g/mol. The summed E-state index contributed by atoms with van der Waals surface area (Å²) in [7, 11) is 0. The molecule has 2 aliphatic heterocycles. The number of hydrogen-bond acceptors (Lipinski definition) is 3. The van der Waals surface area contributed by atoms with E-state index in [4.69, 9.17) is 10.1 Å². The lowest BCUT2D eigenvalue weighted by Gasteiger charge is -2.38. The summed E-state index contributed by atoms with van der Waals surface area (Å²) in [6.45, 7) is 0.872. The van der Waals surface area contributed by atoms with Gasteiger partial charge in [0.25, 0.3) is 5.91 Å². The Morgan fingerprint density at radius 1 is 0.800 bits per heavy atom. The second-order valence-electron chi connectivity index (χ2n) is 9.26. The number of nitrogens with zero attached hydrogens (tertiary/aromatic N) is 4. The number of benzene rings is 2. The summed E-state index contributed by atoms with van der Waals surface area (Å²) in [6, 6.07) is 20.3. The standard InChI is InChI=1S/C25H26N4O/c30-25(28-16-19-12-17-11-18(13-19)15-22(28)14-17)23-26-24(20-7-3-1-4-8-20)29(27-23)21-9-5-2-6-10-21/h1-10,17-19,22H,11-16H2. The third-order valence-electron chi connectivity index (χ3n) is 7.20. The number of hydrogen-bond donors (Lipinski definition) is 0. The van der Waals surface area contributed by atoms with Gasteiger partial charge in [0, 0.05) is 18.2 Å². The second kappa shape index (κ2) is 7.08. The van der Waals surface area contributed by atoms with Gasteiger partial charge in [-0.1, -0.05) is 48.5 Å². The summed E-state index contributed by atoms with van der Waals surface area (Å²) in [6.07, 6.45) is 6.26. The average molecular weight is 399 g/mol. The molecule has 2 saturated heterocycles. The fourth-order valence-corrected chi connectivity index (χ4v) is 6.09. The highest BCUT2D eigenvalue weighted by Gasteiger charge is 2.44. The Hall–Kier alpha value is -2.95. The van der Waals surface area contributed by atoms with Gasteiger partial charge < -0.3 is 4.90 Å². The Balaban J connectivity index is 1.40. The highest BCUT2D eigenvalue weighted by atomic mass is 16.2. The average Bonchev–Trinajstić information content (AvgIpc) is 3.13. The molecule has 4 fully saturated rings. The van der Waals surface area contributed by atoms with E-state index in [0.29, 0.717) is 23.6 Å². The van der Waals surface area contributed by atoms with Crippen LogP contribution in [0.15, 0.2) is 60.7 Å². The SMILES string of the molecule is O=C(c1nc(-c2ccccc2)n(-c2ccccc2)n1)N1CC2CC3CC(C2)CC1C3. The Morgan fingerprint density at radius 2 is 1.43 bits per heavy atom. The van der Waals surface area contributed by atoms with Crippen LogP contribution in [0.2, 0.25) is 0 Å². The third-order valence-corrected chi connectivity index (χ3v) is 7.20. The highest BCUT2D eigenvalue weighted by molar-refractivity contribution is 5.91. The van der Waals surface area contributed by atoms with E-state index in [1.54, 1.807) is 0 Å². The van der Waals surface area contributed by atoms with Crippen LogP contribution in [-0.4, -0.2) is 38.2 Å². The molecule has 2 saturated carbocycles. The number of carbonyl (C=O) groups is 1. The van der Waals surface area contributed by atoms with Gasteiger partial charge in [-0.05, 0) is 62.0 Å². The van der Waals surface area contributed by atoms with E-state index >= 15 is 0 Å². The van der Waals surface area contributed by atoms with Crippen LogP contribution in [0.1, 0.15) is 42.7 Å². The molecule has 4 aliphatic rings. The highest BCUT2D eigenvalue weighted by Crippen LogP contribution is 2.47. The van der Waals surface area contributed by atoms with E-state index in [0.717, 1.165) is 42.5 Å². The topological polar surface area (TPSA) is 51.0 Å². The summed E-state index contributed by atoms with van der Waals surface area (Å²) in [5, 5.41) is 4.72. The molecule has 1 aromatic heterocycles. The van der Waals surface area contributed by atoms with Crippen molar-refractivity contribution >= 4 is 5.91 Å². The molecule has 0 radical (unpaired) electrons. The number of aromatic nitrogens is 3. The Bertz CT molecular complexity index is 990. The van der Waals surface area contributed by atoms with Crippen LogP contribution in [0.4, 0.5) is 0 Å². The van der Waals surface area contributed by atoms with Crippen molar-refractivity contribution in [2.75, 3.05) is 6.54 Å². The minimum Gasteiger partial charge on any atom is -0.333 e. The van der Waals surface area contributed by atoms with Crippen LogP contribution >= 0.6 is 0 Å². The van der Waals surface area contributed by atoms with Crippen LogP contribution in [0, 0.1) is 17.8 Å². The zero-order valence-corrected chi connectivity index (χ0v) is 17.0. The molecule has 3 aromatic rings. The Labute approximate surface area is 176 Å². The molecule has 0 spiro atoms. The van der Waals surface area contributed by atoms with Gasteiger partial charge in [-0.3, -0.25) is 4.79 Å². The fraction of sp³-hybridized carbons (Fsp3) is 0.400. The first-order chi connectivity index (χ1) is 14.7. The summed E-state index contributed by atoms with van der Waals surface area (Å²) >= 11 is 0. The molecular formula is C25H26N4O. The summed E-state index contributed by atoms with van der Waals surface area (Å²) < 4.78 is 1.81. The summed E-state index contributed by atoms with van der Waals surface area (Å²) in [5.74, 6) is 3.29. The first-order valence-electron chi connectivity index (χ1n) is 11.1. The predicted octanol–water partition coefficient (Wildman–Crippen LogP) is 4.59. The van der Waals surface area contributed by atoms with Gasteiger partial charge in [-0.15, -0.1) is 5.10 Å². The minimum absolute atomic E-state index is 0.0000576. The van der Waals surface area contributed by atoms with Crippen molar-refractivity contribution in [3.63, 3.8) is 0 Å². The van der Waals surface area contributed by atoms with Crippen molar-refractivity contribution in [2.45, 2.75) is 38.1 Å². The van der Waals surface area contributed by atoms with Crippen molar-refractivity contribution < 1.29 is 4.79 Å². The number of rotatable bonds is 3. The molecule has 5 heteroatoms. The van der Waals surface area contributed by atoms with Gasteiger partial charge in [0.1, 0.15) is 0 Å². The van der Waals surface area contributed by atoms with E-state index in [-0.39, 0.29) is 5.91 Å². The zero-order chi connectivity index (χ0) is 20.1. The van der Waals surface area contributed by atoms with E-state index in [1.165, 1.54) is 19.3 Å². The zero-order valence-electron chi connectivity index (χ0n) is 17.0.